The number of hydrogen-bond acceptors (Lipinski definition) is 2. The molecule has 0 heterocycles. The first-order chi connectivity index (χ1) is 10.1. The van der Waals surface area contributed by atoms with Gasteiger partial charge >= 0.3 is 0 Å². The molecule has 0 amide bonds. The van der Waals surface area contributed by atoms with Crippen LogP contribution in [-0.4, -0.2) is 17.8 Å². The van der Waals surface area contributed by atoms with Gasteiger partial charge in [-0.05, 0) is 61.1 Å². The van der Waals surface area contributed by atoms with Crippen LogP contribution in [0.2, 0.25) is 10.0 Å². The lowest BCUT2D eigenvalue weighted by Crippen LogP contribution is -2.29. The lowest BCUT2D eigenvalue weighted by Gasteiger charge is -2.28. The van der Waals surface area contributed by atoms with E-state index in [1.54, 1.807) is 6.07 Å². The van der Waals surface area contributed by atoms with Crippen molar-refractivity contribution < 1.29 is 5.11 Å². The van der Waals surface area contributed by atoms with Crippen LogP contribution in [0, 0.1) is 17.8 Å². The SMILES string of the molecule is NCC(c1ccc(Cl)c(Cl)c1)C(O)CC1CC2CCC1C2. The van der Waals surface area contributed by atoms with Crippen molar-refractivity contribution in [1.29, 1.82) is 0 Å². The van der Waals surface area contributed by atoms with E-state index in [4.69, 9.17) is 28.9 Å². The molecule has 3 rings (SSSR count). The van der Waals surface area contributed by atoms with E-state index in [2.05, 4.69) is 0 Å². The average molecular weight is 328 g/mol. The number of hydrogen-bond donors (Lipinski definition) is 2. The Balaban J connectivity index is 1.68. The van der Waals surface area contributed by atoms with Gasteiger partial charge in [-0.15, -0.1) is 0 Å². The highest BCUT2D eigenvalue weighted by Gasteiger charge is 2.40. The highest BCUT2D eigenvalue weighted by Crippen LogP contribution is 2.50. The number of fused-ring (bicyclic) bond motifs is 2. The average Bonchev–Trinajstić information content (AvgIpc) is 3.06. The molecule has 21 heavy (non-hydrogen) atoms. The summed E-state index contributed by atoms with van der Waals surface area (Å²) in [6.45, 7) is 0.430. The molecule has 0 aromatic heterocycles. The quantitative estimate of drug-likeness (QED) is 0.850. The van der Waals surface area contributed by atoms with Crippen molar-refractivity contribution in [3.05, 3.63) is 33.8 Å². The third kappa shape index (κ3) is 3.24. The standard InChI is InChI=1S/C17H23Cl2NO/c18-15-4-3-12(7-16(15)19)14(9-20)17(21)8-13-6-10-1-2-11(13)5-10/h3-4,7,10-11,13-14,17,21H,1-2,5-6,8-9,20H2. The van der Waals surface area contributed by atoms with E-state index in [9.17, 15) is 5.11 Å². The maximum atomic E-state index is 10.7. The van der Waals surface area contributed by atoms with Gasteiger partial charge < -0.3 is 10.8 Å². The summed E-state index contributed by atoms with van der Waals surface area (Å²) in [7, 11) is 0. The molecule has 1 aromatic rings. The molecule has 5 unspecified atom stereocenters. The van der Waals surface area contributed by atoms with Crippen molar-refractivity contribution in [2.24, 2.45) is 23.5 Å². The summed E-state index contributed by atoms with van der Waals surface area (Å²) in [6, 6.07) is 5.55. The molecule has 5 atom stereocenters. The Morgan fingerprint density at radius 1 is 1.19 bits per heavy atom. The van der Waals surface area contributed by atoms with Crippen molar-refractivity contribution >= 4 is 23.2 Å². The van der Waals surface area contributed by atoms with Gasteiger partial charge in [0.15, 0.2) is 0 Å². The van der Waals surface area contributed by atoms with E-state index in [1.165, 1.54) is 25.7 Å². The molecule has 1 aromatic carbocycles. The number of nitrogens with two attached hydrogens (primary N) is 1. The predicted octanol–water partition coefficient (Wildman–Crippen LogP) is 4.22. The van der Waals surface area contributed by atoms with Gasteiger partial charge in [0, 0.05) is 12.5 Å². The third-order valence-corrected chi connectivity index (χ3v) is 6.26. The molecule has 2 bridgehead atoms. The molecule has 2 saturated carbocycles. The first-order valence-corrected chi connectivity index (χ1v) is 8.67. The van der Waals surface area contributed by atoms with Crippen LogP contribution in [0.1, 0.15) is 43.6 Å². The van der Waals surface area contributed by atoms with Gasteiger partial charge in [0.25, 0.3) is 0 Å². The zero-order valence-corrected chi connectivity index (χ0v) is 13.7. The normalized spacial score (nSPS) is 30.6. The molecule has 0 aliphatic heterocycles. The van der Waals surface area contributed by atoms with Gasteiger partial charge in [-0.25, -0.2) is 0 Å². The fraction of sp³-hybridized carbons (Fsp3) is 0.647. The van der Waals surface area contributed by atoms with E-state index in [-0.39, 0.29) is 5.92 Å². The third-order valence-electron chi connectivity index (χ3n) is 5.52. The second kappa shape index (κ2) is 6.45. The fourth-order valence-electron chi connectivity index (χ4n) is 4.40. The summed E-state index contributed by atoms with van der Waals surface area (Å²) in [6.07, 6.45) is 5.88. The van der Waals surface area contributed by atoms with Gasteiger partial charge in [0.05, 0.1) is 16.1 Å². The second-order valence-corrected chi connectivity index (χ2v) is 7.57. The highest BCUT2D eigenvalue weighted by atomic mass is 35.5. The highest BCUT2D eigenvalue weighted by molar-refractivity contribution is 6.42. The minimum absolute atomic E-state index is 0.0566. The molecule has 2 nitrogen and oxygen atoms in total. The molecular weight excluding hydrogens is 305 g/mol. The van der Waals surface area contributed by atoms with E-state index in [0.717, 1.165) is 23.8 Å². The van der Waals surface area contributed by atoms with Gasteiger partial charge in [-0.2, -0.15) is 0 Å². The lowest BCUT2D eigenvalue weighted by molar-refractivity contribution is 0.101. The van der Waals surface area contributed by atoms with Crippen LogP contribution >= 0.6 is 23.2 Å². The van der Waals surface area contributed by atoms with Crippen molar-refractivity contribution in [3.8, 4) is 0 Å². The van der Waals surface area contributed by atoms with E-state index < -0.39 is 6.10 Å². The molecule has 0 spiro atoms. The monoisotopic (exact) mass is 327 g/mol. The largest absolute Gasteiger partial charge is 0.392 e. The maximum absolute atomic E-state index is 10.7. The van der Waals surface area contributed by atoms with Gasteiger partial charge in [-0.3, -0.25) is 0 Å². The maximum Gasteiger partial charge on any atom is 0.0623 e. The number of rotatable bonds is 5. The molecule has 4 heteroatoms. The van der Waals surface area contributed by atoms with Crippen LogP contribution in [0.15, 0.2) is 18.2 Å². The lowest BCUT2D eigenvalue weighted by atomic mass is 9.80. The van der Waals surface area contributed by atoms with Crippen molar-refractivity contribution in [1.82, 2.24) is 0 Å². The fourth-order valence-corrected chi connectivity index (χ4v) is 4.70. The topological polar surface area (TPSA) is 46.2 Å². The van der Waals surface area contributed by atoms with Crippen LogP contribution in [-0.2, 0) is 0 Å². The number of halogens is 2. The molecule has 2 aliphatic rings. The summed E-state index contributed by atoms with van der Waals surface area (Å²) >= 11 is 12.0. The van der Waals surface area contributed by atoms with Crippen LogP contribution in [0.25, 0.3) is 0 Å². The number of benzene rings is 1. The van der Waals surface area contributed by atoms with Crippen molar-refractivity contribution in [2.45, 2.75) is 44.1 Å². The molecule has 116 valence electrons. The Kier molecular flexibility index (Phi) is 4.80. The van der Waals surface area contributed by atoms with Crippen molar-refractivity contribution in [2.75, 3.05) is 6.54 Å². The molecular formula is C17H23Cl2NO. The molecule has 3 N–H and O–H groups in total. The van der Waals surface area contributed by atoms with Gasteiger partial charge in [-0.1, -0.05) is 35.7 Å². The van der Waals surface area contributed by atoms with E-state index in [0.29, 0.717) is 22.5 Å². The van der Waals surface area contributed by atoms with Crippen LogP contribution in [0.3, 0.4) is 0 Å². The predicted molar refractivity (Wildman–Crippen MR) is 87.8 cm³/mol. The minimum atomic E-state index is -0.392. The Bertz CT molecular complexity index is 508. The molecule has 0 saturated heterocycles. The first-order valence-electron chi connectivity index (χ1n) is 7.91. The summed E-state index contributed by atoms with van der Waals surface area (Å²) in [5.74, 6) is 2.36. The van der Waals surface area contributed by atoms with Gasteiger partial charge in [0.2, 0.25) is 0 Å². The Morgan fingerprint density at radius 3 is 2.57 bits per heavy atom. The molecule has 2 aliphatic carbocycles. The zero-order valence-electron chi connectivity index (χ0n) is 12.1. The summed E-state index contributed by atoms with van der Waals surface area (Å²) < 4.78 is 0. The Morgan fingerprint density at radius 2 is 2.00 bits per heavy atom. The molecule has 2 fully saturated rings. The number of aliphatic hydroxyl groups is 1. The van der Waals surface area contributed by atoms with Crippen LogP contribution in [0.5, 0.6) is 0 Å². The number of aliphatic hydroxyl groups excluding tert-OH is 1. The minimum Gasteiger partial charge on any atom is -0.392 e. The second-order valence-electron chi connectivity index (χ2n) is 6.75. The van der Waals surface area contributed by atoms with Crippen LogP contribution < -0.4 is 5.73 Å². The summed E-state index contributed by atoms with van der Waals surface area (Å²) in [4.78, 5) is 0. The molecule has 0 radical (unpaired) electrons. The Hall–Kier alpha value is -0.280. The first kappa shape index (κ1) is 15.6. The van der Waals surface area contributed by atoms with Crippen LogP contribution in [0.4, 0.5) is 0 Å². The van der Waals surface area contributed by atoms with E-state index in [1.807, 2.05) is 12.1 Å². The smallest absolute Gasteiger partial charge is 0.0623 e. The van der Waals surface area contributed by atoms with Crippen molar-refractivity contribution in [3.63, 3.8) is 0 Å². The van der Waals surface area contributed by atoms with Gasteiger partial charge in [0.1, 0.15) is 0 Å². The summed E-state index contributed by atoms with van der Waals surface area (Å²) in [5, 5.41) is 11.7. The summed E-state index contributed by atoms with van der Waals surface area (Å²) in [5.41, 5.74) is 6.90. The Labute approximate surface area is 136 Å². The zero-order chi connectivity index (χ0) is 15.0. The van der Waals surface area contributed by atoms with E-state index >= 15 is 0 Å².